The average molecular weight is 282 g/mol. The molecule has 2 heterocycles. The summed E-state index contributed by atoms with van der Waals surface area (Å²) in [7, 11) is 0. The molecule has 0 aliphatic carbocycles. The Bertz CT molecular complexity index is 342. The third kappa shape index (κ3) is 4.37. The van der Waals surface area contributed by atoms with Gasteiger partial charge in [0.15, 0.2) is 0 Å². The first kappa shape index (κ1) is 15.1. The topological polar surface area (TPSA) is 87.5 Å². The summed E-state index contributed by atoms with van der Waals surface area (Å²) in [6.07, 6.45) is 5.95. The molecule has 0 unspecified atom stereocenters. The van der Waals surface area contributed by atoms with Gasteiger partial charge in [-0.2, -0.15) is 0 Å². The van der Waals surface area contributed by atoms with E-state index in [0.29, 0.717) is 18.9 Å². The Morgan fingerprint density at radius 2 is 1.95 bits per heavy atom. The van der Waals surface area contributed by atoms with E-state index in [0.717, 1.165) is 51.7 Å². The van der Waals surface area contributed by atoms with Crippen LogP contribution in [0.25, 0.3) is 0 Å². The third-order valence-corrected chi connectivity index (χ3v) is 4.38. The van der Waals surface area contributed by atoms with E-state index < -0.39 is 6.03 Å². The van der Waals surface area contributed by atoms with Crippen molar-refractivity contribution < 1.29 is 9.59 Å². The van der Waals surface area contributed by atoms with Crippen LogP contribution >= 0.6 is 0 Å². The average Bonchev–Trinajstić information content (AvgIpc) is 2.46. The SMILES string of the molecule is NC(=O)NC[C@H]1CCCCN1C(=O)CC1CCNCC1. The number of primary amides is 1. The van der Waals surface area contributed by atoms with Crippen LogP contribution in [0, 0.1) is 5.92 Å². The molecule has 2 fully saturated rings. The first-order valence-corrected chi connectivity index (χ1v) is 7.70. The lowest BCUT2D eigenvalue weighted by molar-refractivity contribution is -0.136. The van der Waals surface area contributed by atoms with Crippen molar-refractivity contribution in [2.24, 2.45) is 11.7 Å². The zero-order valence-electron chi connectivity index (χ0n) is 12.1. The molecule has 4 N–H and O–H groups in total. The minimum absolute atomic E-state index is 0.116. The smallest absolute Gasteiger partial charge is 0.312 e. The minimum atomic E-state index is -0.513. The Kier molecular flexibility index (Phi) is 5.64. The molecular formula is C14H26N4O2. The van der Waals surface area contributed by atoms with Gasteiger partial charge in [-0.1, -0.05) is 0 Å². The number of nitrogens with two attached hydrogens (primary N) is 1. The van der Waals surface area contributed by atoms with Crippen molar-refractivity contribution in [3.63, 3.8) is 0 Å². The maximum absolute atomic E-state index is 12.5. The molecule has 0 saturated carbocycles. The molecule has 0 aromatic heterocycles. The van der Waals surface area contributed by atoms with Gasteiger partial charge in [-0.25, -0.2) is 4.79 Å². The molecular weight excluding hydrogens is 256 g/mol. The van der Waals surface area contributed by atoms with E-state index in [1.807, 2.05) is 4.90 Å². The second-order valence-electron chi connectivity index (χ2n) is 5.88. The van der Waals surface area contributed by atoms with Crippen molar-refractivity contribution in [2.45, 2.75) is 44.6 Å². The van der Waals surface area contributed by atoms with E-state index in [-0.39, 0.29) is 11.9 Å². The maximum atomic E-state index is 12.5. The summed E-state index contributed by atoms with van der Waals surface area (Å²) in [5.41, 5.74) is 5.12. The number of piperidine rings is 2. The lowest BCUT2D eigenvalue weighted by Gasteiger charge is -2.37. The van der Waals surface area contributed by atoms with Gasteiger partial charge in [0.25, 0.3) is 0 Å². The number of hydrogen-bond donors (Lipinski definition) is 3. The highest BCUT2D eigenvalue weighted by Crippen LogP contribution is 2.22. The van der Waals surface area contributed by atoms with Crippen molar-refractivity contribution in [3.05, 3.63) is 0 Å². The molecule has 3 amide bonds. The largest absolute Gasteiger partial charge is 0.352 e. The lowest BCUT2D eigenvalue weighted by atomic mass is 9.93. The van der Waals surface area contributed by atoms with Crippen LogP contribution in [0.15, 0.2) is 0 Å². The van der Waals surface area contributed by atoms with Crippen LogP contribution in [0.3, 0.4) is 0 Å². The molecule has 0 aromatic rings. The fourth-order valence-corrected chi connectivity index (χ4v) is 3.21. The van der Waals surface area contributed by atoms with Gasteiger partial charge in [0.05, 0.1) is 0 Å². The van der Waals surface area contributed by atoms with E-state index in [9.17, 15) is 9.59 Å². The minimum Gasteiger partial charge on any atom is -0.352 e. The molecule has 0 radical (unpaired) electrons. The van der Waals surface area contributed by atoms with Crippen LogP contribution in [-0.2, 0) is 4.79 Å². The first-order chi connectivity index (χ1) is 9.66. The van der Waals surface area contributed by atoms with E-state index in [4.69, 9.17) is 5.73 Å². The van der Waals surface area contributed by atoms with Gasteiger partial charge in [-0.15, -0.1) is 0 Å². The molecule has 6 nitrogen and oxygen atoms in total. The van der Waals surface area contributed by atoms with Crippen molar-refractivity contribution in [3.8, 4) is 0 Å². The number of urea groups is 1. The summed E-state index contributed by atoms with van der Waals surface area (Å²) in [5.74, 6) is 0.753. The van der Waals surface area contributed by atoms with Crippen LogP contribution in [0.5, 0.6) is 0 Å². The van der Waals surface area contributed by atoms with Crippen molar-refractivity contribution >= 4 is 11.9 Å². The molecule has 2 rings (SSSR count). The number of likely N-dealkylation sites (tertiary alicyclic amines) is 1. The van der Waals surface area contributed by atoms with Crippen LogP contribution in [0.2, 0.25) is 0 Å². The Labute approximate surface area is 120 Å². The molecule has 6 heteroatoms. The highest BCUT2D eigenvalue weighted by atomic mass is 16.2. The Balaban J connectivity index is 1.85. The molecule has 20 heavy (non-hydrogen) atoms. The standard InChI is InChI=1S/C14H26N4O2/c15-14(20)17-10-12-3-1-2-8-18(12)13(19)9-11-4-6-16-7-5-11/h11-12,16H,1-10H2,(H3,15,17,20)/t12-/m1/s1. The number of carbonyl (C=O) groups is 2. The normalized spacial score (nSPS) is 24.4. The van der Waals surface area contributed by atoms with Crippen molar-refractivity contribution in [1.82, 2.24) is 15.5 Å². The van der Waals surface area contributed by atoms with E-state index >= 15 is 0 Å². The Hall–Kier alpha value is -1.30. The van der Waals surface area contributed by atoms with Crippen molar-refractivity contribution in [2.75, 3.05) is 26.2 Å². The summed E-state index contributed by atoms with van der Waals surface area (Å²) in [6.45, 7) is 3.33. The molecule has 1 atom stereocenters. The van der Waals surface area contributed by atoms with Gasteiger partial charge in [0.2, 0.25) is 5.91 Å². The molecule has 0 spiro atoms. The molecule has 114 valence electrons. The number of amides is 3. The zero-order valence-corrected chi connectivity index (χ0v) is 12.1. The van der Waals surface area contributed by atoms with Crippen molar-refractivity contribution in [1.29, 1.82) is 0 Å². The summed E-state index contributed by atoms with van der Waals surface area (Å²) in [5, 5.41) is 5.96. The maximum Gasteiger partial charge on any atom is 0.312 e. The quantitative estimate of drug-likeness (QED) is 0.698. The second kappa shape index (κ2) is 7.47. The lowest BCUT2D eigenvalue weighted by Crippen LogP contribution is -2.50. The van der Waals surface area contributed by atoms with Gasteiger partial charge < -0.3 is 21.3 Å². The summed E-state index contributed by atoms with van der Waals surface area (Å²) in [6, 6.07) is -0.396. The molecule has 0 aromatic carbocycles. The van der Waals surface area contributed by atoms with E-state index in [2.05, 4.69) is 10.6 Å². The zero-order chi connectivity index (χ0) is 14.4. The van der Waals surface area contributed by atoms with Crippen LogP contribution in [0.4, 0.5) is 4.79 Å². The van der Waals surface area contributed by atoms with Crippen LogP contribution < -0.4 is 16.4 Å². The predicted molar refractivity (Wildman–Crippen MR) is 77.1 cm³/mol. The first-order valence-electron chi connectivity index (χ1n) is 7.70. The van der Waals surface area contributed by atoms with E-state index in [1.165, 1.54) is 0 Å². The predicted octanol–water partition coefficient (Wildman–Crippen LogP) is 0.426. The summed E-state index contributed by atoms with van der Waals surface area (Å²) >= 11 is 0. The summed E-state index contributed by atoms with van der Waals surface area (Å²) < 4.78 is 0. The fourth-order valence-electron chi connectivity index (χ4n) is 3.21. The number of carbonyl (C=O) groups excluding carboxylic acids is 2. The molecule has 2 aliphatic rings. The highest BCUT2D eigenvalue weighted by molar-refractivity contribution is 5.77. The number of hydrogen-bond acceptors (Lipinski definition) is 3. The molecule has 2 saturated heterocycles. The summed E-state index contributed by atoms with van der Waals surface area (Å²) in [4.78, 5) is 25.3. The monoisotopic (exact) mass is 282 g/mol. The van der Waals surface area contributed by atoms with Crippen LogP contribution in [-0.4, -0.2) is 49.1 Å². The van der Waals surface area contributed by atoms with Gasteiger partial charge in [-0.3, -0.25) is 4.79 Å². The van der Waals surface area contributed by atoms with Gasteiger partial charge in [-0.05, 0) is 51.1 Å². The number of rotatable bonds is 4. The second-order valence-corrected chi connectivity index (χ2v) is 5.88. The number of nitrogens with one attached hydrogen (secondary N) is 2. The fraction of sp³-hybridized carbons (Fsp3) is 0.857. The van der Waals surface area contributed by atoms with Crippen LogP contribution in [0.1, 0.15) is 38.5 Å². The third-order valence-electron chi connectivity index (χ3n) is 4.38. The highest BCUT2D eigenvalue weighted by Gasteiger charge is 2.28. The molecule has 0 bridgehead atoms. The Morgan fingerprint density at radius 1 is 1.20 bits per heavy atom. The van der Waals surface area contributed by atoms with Gasteiger partial charge in [0, 0.05) is 25.6 Å². The Morgan fingerprint density at radius 3 is 2.65 bits per heavy atom. The van der Waals surface area contributed by atoms with Gasteiger partial charge in [0.1, 0.15) is 0 Å². The van der Waals surface area contributed by atoms with E-state index in [1.54, 1.807) is 0 Å². The molecule has 2 aliphatic heterocycles. The van der Waals surface area contributed by atoms with Gasteiger partial charge >= 0.3 is 6.03 Å². The number of nitrogens with zero attached hydrogens (tertiary/aromatic N) is 1.